The normalized spacial score (nSPS) is 24.8. The molecule has 56 heavy (non-hydrogen) atoms. The lowest BCUT2D eigenvalue weighted by Crippen LogP contribution is -2.64. The van der Waals surface area contributed by atoms with Gasteiger partial charge in [-0.05, 0) is 124 Å². The standard InChI is InChI=1S/C46H60N2O6S2/c1-5-26-52-46-42(56-28-21-33-19-22-47-23-20-33)32-40(48-54-45(2,3)4)38-30-34(13-9-11-24-49)37(16-10-12-25-50)43(44(38)46)39-31-35(17-18-41(39)53-46)51-27-29-55-36-14-7-6-8-15-36/h5-8,14-15,17-20,22-23,30-31,34,37,42-44,49-50H,1,9-13,16,21,24-29,32H2,2-4H3/t34-,37+,42-,43+,44+,46+/m0/s1. The van der Waals surface area contributed by atoms with Crippen LogP contribution in [0.1, 0.15) is 82.8 Å². The van der Waals surface area contributed by atoms with Crippen molar-refractivity contribution in [1.29, 1.82) is 0 Å². The van der Waals surface area contributed by atoms with Crippen LogP contribution in [-0.4, -0.2) is 75.5 Å². The Morgan fingerprint density at radius 2 is 1.75 bits per heavy atom. The van der Waals surface area contributed by atoms with Crippen LogP contribution in [0, 0.1) is 17.8 Å². The van der Waals surface area contributed by atoms with Crippen LogP contribution < -0.4 is 9.47 Å². The fourth-order valence-electron chi connectivity index (χ4n) is 8.46. The van der Waals surface area contributed by atoms with Gasteiger partial charge in [0.1, 0.15) is 17.1 Å². The van der Waals surface area contributed by atoms with Gasteiger partial charge in [-0.15, -0.1) is 18.3 Å². The Kier molecular flexibility index (Phi) is 15.4. The van der Waals surface area contributed by atoms with Gasteiger partial charge in [0.2, 0.25) is 5.79 Å². The highest BCUT2D eigenvalue weighted by atomic mass is 32.2. The second kappa shape index (κ2) is 20.4. The Morgan fingerprint density at radius 1 is 0.982 bits per heavy atom. The van der Waals surface area contributed by atoms with Crippen molar-refractivity contribution in [1.82, 2.24) is 4.98 Å². The zero-order valence-corrected chi connectivity index (χ0v) is 34.9. The summed E-state index contributed by atoms with van der Waals surface area (Å²) in [6, 6.07) is 20.9. The minimum atomic E-state index is -0.999. The van der Waals surface area contributed by atoms with Gasteiger partial charge in [0.25, 0.3) is 0 Å². The van der Waals surface area contributed by atoms with Crippen molar-refractivity contribution in [2.75, 3.05) is 37.9 Å². The molecule has 0 unspecified atom stereocenters. The summed E-state index contributed by atoms with van der Waals surface area (Å²) in [5.74, 6) is 2.65. The highest BCUT2D eigenvalue weighted by Crippen LogP contribution is 2.62. The van der Waals surface area contributed by atoms with Gasteiger partial charge in [0.05, 0.1) is 30.1 Å². The molecule has 0 amide bonds. The van der Waals surface area contributed by atoms with Gasteiger partial charge in [-0.2, -0.15) is 11.8 Å². The first kappa shape index (κ1) is 42.3. The van der Waals surface area contributed by atoms with Crippen molar-refractivity contribution in [2.24, 2.45) is 22.9 Å². The highest BCUT2D eigenvalue weighted by molar-refractivity contribution is 8.00. The first-order valence-corrected chi connectivity index (χ1v) is 22.4. The molecule has 6 atom stereocenters. The summed E-state index contributed by atoms with van der Waals surface area (Å²) >= 11 is 3.66. The molecule has 3 aromatic rings. The number of hydrogen-bond acceptors (Lipinski definition) is 10. The zero-order chi connectivity index (χ0) is 39.4. The van der Waals surface area contributed by atoms with Gasteiger partial charge in [0, 0.05) is 54.2 Å². The summed E-state index contributed by atoms with van der Waals surface area (Å²) in [4.78, 5) is 11.7. The first-order chi connectivity index (χ1) is 27.3. The van der Waals surface area contributed by atoms with Crippen LogP contribution in [0.5, 0.6) is 11.5 Å². The quantitative estimate of drug-likeness (QED) is 0.0472. The van der Waals surface area contributed by atoms with E-state index in [1.54, 1.807) is 11.8 Å². The van der Waals surface area contributed by atoms with Crippen molar-refractivity contribution in [2.45, 2.75) is 99.6 Å². The summed E-state index contributed by atoms with van der Waals surface area (Å²) in [5.41, 5.74) is 3.99. The molecule has 1 aromatic heterocycles. The molecular formula is C46H60N2O6S2. The molecule has 1 fully saturated rings. The van der Waals surface area contributed by atoms with Gasteiger partial charge in [-0.1, -0.05) is 48.3 Å². The molecule has 3 aliphatic rings. The zero-order valence-electron chi connectivity index (χ0n) is 33.3. The number of aliphatic hydroxyl groups is 2. The first-order valence-electron chi connectivity index (χ1n) is 20.3. The molecule has 0 bridgehead atoms. The van der Waals surface area contributed by atoms with Gasteiger partial charge >= 0.3 is 0 Å². The second-order valence-electron chi connectivity index (χ2n) is 15.9. The van der Waals surface area contributed by atoms with E-state index in [1.807, 2.05) is 63.1 Å². The van der Waals surface area contributed by atoms with Crippen LogP contribution in [0.25, 0.3) is 0 Å². The van der Waals surface area contributed by atoms with Crippen molar-refractivity contribution < 1.29 is 29.3 Å². The third-order valence-electron chi connectivity index (χ3n) is 10.9. The lowest BCUT2D eigenvalue weighted by molar-refractivity contribution is -0.223. The maximum Gasteiger partial charge on any atom is 0.230 e. The molecule has 8 nitrogen and oxygen atoms in total. The Morgan fingerprint density at radius 3 is 2.48 bits per heavy atom. The van der Waals surface area contributed by atoms with Crippen molar-refractivity contribution in [3.8, 4) is 11.5 Å². The smallest absolute Gasteiger partial charge is 0.230 e. The van der Waals surface area contributed by atoms with Gasteiger partial charge < -0.3 is 29.3 Å². The number of ether oxygens (including phenoxy) is 3. The number of nitrogens with zero attached hydrogens (tertiary/aromatic N) is 2. The van der Waals surface area contributed by atoms with E-state index < -0.39 is 11.4 Å². The average Bonchev–Trinajstić information content (AvgIpc) is 3.20. The van der Waals surface area contributed by atoms with Gasteiger partial charge in [-0.3, -0.25) is 4.98 Å². The maximum atomic E-state index is 9.92. The topological polar surface area (TPSA) is 103 Å². The number of fused-ring (bicyclic) bond motifs is 2. The van der Waals surface area contributed by atoms with Crippen LogP contribution in [0.15, 0.2) is 107 Å². The predicted octanol–water partition coefficient (Wildman–Crippen LogP) is 9.66. The SMILES string of the molecule is C=CCO[C@@]12Oc3ccc(OCCSc4ccccc4)cc3[C@H]3[C@H](CCCCO)[C@@H](CCCCO)C=C(C(=NOC(C)(C)C)C[C@@H]1SCCc1ccncc1)[C@H]32. The molecule has 2 N–H and O–H groups in total. The third kappa shape index (κ3) is 10.6. The summed E-state index contributed by atoms with van der Waals surface area (Å²) in [6.45, 7) is 11.4. The predicted molar refractivity (Wildman–Crippen MR) is 229 cm³/mol. The lowest BCUT2D eigenvalue weighted by atomic mass is 9.56. The van der Waals surface area contributed by atoms with Crippen molar-refractivity contribution in [3.63, 3.8) is 0 Å². The van der Waals surface area contributed by atoms with Crippen molar-refractivity contribution in [3.05, 3.63) is 108 Å². The molecule has 1 saturated carbocycles. The number of thioether (sulfide) groups is 2. The molecule has 0 radical (unpaired) electrons. The van der Waals surface area contributed by atoms with E-state index >= 15 is 0 Å². The fourth-order valence-corrected chi connectivity index (χ4v) is 10.6. The van der Waals surface area contributed by atoms with Crippen LogP contribution in [0.4, 0.5) is 0 Å². The van der Waals surface area contributed by atoms with E-state index in [4.69, 9.17) is 24.2 Å². The van der Waals surface area contributed by atoms with Crippen LogP contribution in [-0.2, 0) is 16.0 Å². The Labute approximate surface area is 342 Å². The fraction of sp³-hybridized carbons (Fsp3) is 0.522. The molecule has 2 aromatic carbocycles. The highest BCUT2D eigenvalue weighted by Gasteiger charge is 2.64. The van der Waals surface area contributed by atoms with Crippen LogP contribution >= 0.6 is 23.5 Å². The summed E-state index contributed by atoms with van der Waals surface area (Å²) in [6.07, 6.45) is 14.7. The molecule has 0 saturated heterocycles. The molecule has 0 spiro atoms. The van der Waals surface area contributed by atoms with Crippen LogP contribution in [0.2, 0.25) is 0 Å². The number of aryl methyl sites for hydroxylation is 1. The number of allylic oxidation sites excluding steroid dienone is 1. The van der Waals surface area contributed by atoms with E-state index in [0.717, 1.165) is 84.8 Å². The van der Waals surface area contributed by atoms with Gasteiger partial charge in [-0.25, -0.2) is 0 Å². The van der Waals surface area contributed by atoms with Crippen molar-refractivity contribution >= 4 is 29.2 Å². The number of aromatic nitrogens is 1. The Bertz CT molecular complexity index is 1750. The minimum absolute atomic E-state index is 0.0204. The number of hydrogen-bond donors (Lipinski definition) is 2. The molecular weight excluding hydrogens is 741 g/mol. The number of aliphatic hydroxyl groups excluding tert-OH is 2. The number of oxime groups is 1. The van der Waals surface area contributed by atoms with E-state index in [2.05, 4.69) is 66.2 Å². The summed E-state index contributed by atoms with van der Waals surface area (Å²) < 4.78 is 20.9. The van der Waals surface area contributed by atoms with Crippen LogP contribution in [0.3, 0.4) is 0 Å². The number of benzene rings is 2. The average molecular weight is 801 g/mol. The summed E-state index contributed by atoms with van der Waals surface area (Å²) in [7, 11) is 0. The maximum absolute atomic E-state index is 9.92. The third-order valence-corrected chi connectivity index (χ3v) is 13.2. The molecule has 6 rings (SSSR count). The van der Waals surface area contributed by atoms with E-state index in [0.29, 0.717) is 19.6 Å². The summed E-state index contributed by atoms with van der Waals surface area (Å²) in [5, 5.41) is 24.6. The van der Waals surface area contributed by atoms with E-state index in [9.17, 15) is 10.2 Å². The minimum Gasteiger partial charge on any atom is -0.493 e. The molecule has 2 heterocycles. The monoisotopic (exact) mass is 800 g/mol. The Balaban J connectivity index is 1.44. The molecule has 10 heteroatoms. The molecule has 1 aliphatic heterocycles. The Hall–Kier alpha value is -3.28. The lowest BCUT2D eigenvalue weighted by Gasteiger charge is -2.58. The largest absolute Gasteiger partial charge is 0.493 e. The van der Waals surface area contributed by atoms with E-state index in [-0.39, 0.29) is 42.1 Å². The second-order valence-corrected chi connectivity index (χ2v) is 18.4. The number of pyridine rings is 1. The number of unbranched alkanes of at least 4 members (excludes halogenated alkanes) is 2. The molecule has 2 aliphatic carbocycles. The number of rotatable bonds is 21. The van der Waals surface area contributed by atoms with Gasteiger partial charge in [0.15, 0.2) is 0 Å². The molecule has 302 valence electrons. The van der Waals surface area contributed by atoms with E-state index in [1.165, 1.54) is 10.5 Å².